The zero-order valence-electron chi connectivity index (χ0n) is 13.9. The van der Waals surface area contributed by atoms with Crippen molar-refractivity contribution in [2.24, 2.45) is 5.92 Å². The lowest BCUT2D eigenvalue weighted by molar-refractivity contribution is -0.144. The van der Waals surface area contributed by atoms with Crippen molar-refractivity contribution < 1.29 is 14.6 Å². The molecule has 0 aliphatic carbocycles. The molecular formula is C18H28O3S. The summed E-state index contributed by atoms with van der Waals surface area (Å²) in [5, 5.41) is 9.54. The van der Waals surface area contributed by atoms with Gasteiger partial charge in [0, 0.05) is 10.6 Å². The van der Waals surface area contributed by atoms with Crippen LogP contribution in [0, 0.1) is 12.8 Å². The van der Waals surface area contributed by atoms with Crippen LogP contribution in [0.5, 0.6) is 5.75 Å². The van der Waals surface area contributed by atoms with Crippen molar-refractivity contribution in [3.63, 3.8) is 0 Å². The van der Waals surface area contributed by atoms with E-state index in [1.807, 2.05) is 13.0 Å². The lowest BCUT2D eigenvalue weighted by Gasteiger charge is -2.14. The first kappa shape index (κ1) is 18.9. The summed E-state index contributed by atoms with van der Waals surface area (Å²) in [6.45, 7) is 6.82. The number of thioether (sulfide) groups is 1. The van der Waals surface area contributed by atoms with Gasteiger partial charge in [-0.25, -0.2) is 0 Å². The van der Waals surface area contributed by atoms with Gasteiger partial charge in [-0.1, -0.05) is 33.1 Å². The first-order chi connectivity index (χ1) is 10.5. The van der Waals surface area contributed by atoms with Crippen LogP contribution in [0.2, 0.25) is 0 Å². The Bertz CT molecular complexity index is 439. The maximum atomic E-state index is 11.8. The minimum absolute atomic E-state index is 0.126. The Morgan fingerprint density at radius 1 is 1.32 bits per heavy atom. The maximum Gasteiger partial charge on any atom is 0.306 e. The topological polar surface area (TPSA) is 46.5 Å². The predicted molar refractivity (Wildman–Crippen MR) is 92.4 cm³/mol. The number of aromatic hydroxyl groups is 1. The fourth-order valence-corrected chi connectivity index (χ4v) is 3.22. The number of hydrogen-bond acceptors (Lipinski definition) is 4. The van der Waals surface area contributed by atoms with E-state index >= 15 is 0 Å². The minimum Gasteiger partial charge on any atom is -0.508 e. The van der Waals surface area contributed by atoms with Gasteiger partial charge in [-0.05, 0) is 43.0 Å². The molecule has 4 heteroatoms. The monoisotopic (exact) mass is 324 g/mol. The molecule has 124 valence electrons. The highest BCUT2D eigenvalue weighted by Gasteiger charge is 2.10. The summed E-state index contributed by atoms with van der Waals surface area (Å²) in [5.41, 5.74) is 1.02. The molecule has 22 heavy (non-hydrogen) atoms. The molecule has 1 atom stereocenters. The van der Waals surface area contributed by atoms with E-state index in [0.717, 1.165) is 23.3 Å². The zero-order valence-corrected chi connectivity index (χ0v) is 14.7. The van der Waals surface area contributed by atoms with Crippen molar-refractivity contribution in [2.45, 2.75) is 57.8 Å². The van der Waals surface area contributed by atoms with Gasteiger partial charge in [0.05, 0.1) is 13.0 Å². The fourth-order valence-electron chi connectivity index (χ4n) is 2.25. The highest BCUT2D eigenvalue weighted by molar-refractivity contribution is 7.99. The number of ether oxygens (including phenoxy) is 1. The van der Waals surface area contributed by atoms with Gasteiger partial charge in [0.25, 0.3) is 0 Å². The molecule has 0 saturated heterocycles. The Morgan fingerprint density at radius 3 is 2.73 bits per heavy atom. The maximum absolute atomic E-state index is 11.8. The number of carbonyl (C=O) groups is 1. The fraction of sp³-hybridized carbons (Fsp3) is 0.611. The number of phenols is 1. The number of phenolic OH excluding ortho intramolecular Hbond substituents is 1. The van der Waals surface area contributed by atoms with Crippen LogP contribution in [-0.2, 0) is 9.53 Å². The average Bonchev–Trinajstić information content (AvgIpc) is 2.46. The van der Waals surface area contributed by atoms with E-state index in [1.165, 1.54) is 12.8 Å². The number of esters is 1. The standard InChI is InChI=1S/C18H28O3S/c1-4-6-7-15(5-2)13-21-18(20)8-9-22-17-11-14(3)10-16(19)12-17/h10-12,15,19H,4-9,13H2,1-3H3. The quantitative estimate of drug-likeness (QED) is 0.489. The molecule has 1 rings (SSSR count). The largest absolute Gasteiger partial charge is 0.508 e. The van der Waals surface area contributed by atoms with Gasteiger partial charge in [-0.3, -0.25) is 4.79 Å². The van der Waals surface area contributed by atoms with E-state index in [2.05, 4.69) is 13.8 Å². The number of unbranched alkanes of at least 4 members (excludes halogenated alkanes) is 1. The van der Waals surface area contributed by atoms with Gasteiger partial charge in [-0.2, -0.15) is 0 Å². The van der Waals surface area contributed by atoms with Gasteiger partial charge in [0.15, 0.2) is 0 Å². The van der Waals surface area contributed by atoms with E-state index in [0.29, 0.717) is 24.7 Å². The van der Waals surface area contributed by atoms with E-state index in [-0.39, 0.29) is 11.7 Å². The number of carbonyl (C=O) groups excluding carboxylic acids is 1. The Balaban J connectivity index is 2.25. The van der Waals surface area contributed by atoms with Crippen molar-refractivity contribution >= 4 is 17.7 Å². The van der Waals surface area contributed by atoms with E-state index in [1.54, 1.807) is 23.9 Å². The number of hydrogen-bond donors (Lipinski definition) is 1. The average molecular weight is 324 g/mol. The number of rotatable bonds is 10. The van der Waals surface area contributed by atoms with Crippen molar-refractivity contribution in [3.05, 3.63) is 23.8 Å². The second kappa shape index (κ2) is 10.5. The molecule has 1 aromatic carbocycles. The summed E-state index contributed by atoms with van der Waals surface area (Å²) in [6.07, 6.45) is 4.99. The Morgan fingerprint density at radius 2 is 2.09 bits per heavy atom. The molecule has 0 heterocycles. The summed E-state index contributed by atoms with van der Waals surface area (Å²) in [6, 6.07) is 5.45. The first-order valence-corrected chi connectivity index (χ1v) is 9.12. The van der Waals surface area contributed by atoms with E-state index in [4.69, 9.17) is 4.74 Å². The minimum atomic E-state index is -0.126. The SMILES string of the molecule is CCCCC(CC)COC(=O)CCSc1cc(C)cc(O)c1. The van der Waals surface area contributed by atoms with Crippen molar-refractivity contribution in [1.82, 2.24) is 0 Å². The first-order valence-electron chi connectivity index (χ1n) is 8.14. The van der Waals surface area contributed by atoms with Crippen LogP contribution in [0.1, 0.15) is 51.5 Å². The smallest absolute Gasteiger partial charge is 0.306 e. The van der Waals surface area contributed by atoms with Crippen molar-refractivity contribution in [3.8, 4) is 5.75 Å². The van der Waals surface area contributed by atoms with Crippen LogP contribution in [0.3, 0.4) is 0 Å². The molecule has 0 saturated carbocycles. The molecule has 0 spiro atoms. The third-order valence-electron chi connectivity index (χ3n) is 3.63. The van der Waals surface area contributed by atoms with Crippen molar-refractivity contribution in [2.75, 3.05) is 12.4 Å². The third-order valence-corrected chi connectivity index (χ3v) is 4.61. The molecule has 1 N–H and O–H groups in total. The second-order valence-corrected chi connectivity index (χ2v) is 6.87. The normalized spacial score (nSPS) is 12.1. The second-order valence-electron chi connectivity index (χ2n) is 5.70. The molecule has 1 unspecified atom stereocenters. The molecule has 0 aromatic heterocycles. The van der Waals surface area contributed by atoms with Gasteiger partial charge in [-0.15, -0.1) is 11.8 Å². The Kier molecular flexibility index (Phi) is 9.05. The van der Waals surface area contributed by atoms with E-state index < -0.39 is 0 Å². The summed E-state index contributed by atoms with van der Waals surface area (Å²) in [7, 11) is 0. The number of benzene rings is 1. The van der Waals surface area contributed by atoms with Crippen molar-refractivity contribution in [1.29, 1.82) is 0 Å². The molecular weight excluding hydrogens is 296 g/mol. The van der Waals surface area contributed by atoms with Crippen LogP contribution in [0.15, 0.2) is 23.1 Å². The molecule has 0 aliphatic heterocycles. The predicted octanol–water partition coefficient (Wildman–Crippen LogP) is 4.94. The Hall–Kier alpha value is -1.16. The Labute approximate surface area is 138 Å². The van der Waals surface area contributed by atoms with Crippen LogP contribution in [-0.4, -0.2) is 23.4 Å². The van der Waals surface area contributed by atoms with Gasteiger partial charge in [0.2, 0.25) is 0 Å². The van der Waals surface area contributed by atoms with Crippen LogP contribution in [0.4, 0.5) is 0 Å². The number of aryl methyl sites for hydroxylation is 1. The van der Waals surface area contributed by atoms with Crippen LogP contribution >= 0.6 is 11.8 Å². The van der Waals surface area contributed by atoms with E-state index in [9.17, 15) is 9.90 Å². The molecule has 0 amide bonds. The lowest BCUT2D eigenvalue weighted by Crippen LogP contribution is -2.14. The summed E-state index contributed by atoms with van der Waals surface area (Å²) in [4.78, 5) is 12.8. The summed E-state index contributed by atoms with van der Waals surface area (Å²) < 4.78 is 5.38. The van der Waals surface area contributed by atoms with Crippen LogP contribution in [0.25, 0.3) is 0 Å². The van der Waals surface area contributed by atoms with Gasteiger partial charge < -0.3 is 9.84 Å². The van der Waals surface area contributed by atoms with Crippen LogP contribution < -0.4 is 0 Å². The molecule has 0 bridgehead atoms. The van der Waals surface area contributed by atoms with Gasteiger partial charge >= 0.3 is 5.97 Å². The molecule has 0 radical (unpaired) electrons. The third kappa shape index (κ3) is 7.74. The molecule has 0 fully saturated rings. The molecule has 1 aromatic rings. The highest BCUT2D eigenvalue weighted by Crippen LogP contribution is 2.25. The zero-order chi connectivity index (χ0) is 16.4. The summed E-state index contributed by atoms with van der Waals surface area (Å²) >= 11 is 1.57. The summed E-state index contributed by atoms with van der Waals surface area (Å²) in [5.74, 6) is 1.31. The van der Waals surface area contributed by atoms with Gasteiger partial charge in [0.1, 0.15) is 5.75 Å². The highest BCUT2D eigenvalue weighted by atomic mass is 32.2. The molecule has 0 aliphatic rings. The lowest BCUT2D eigenvalue weighted by atomic mass is 10.0. The molecule has 3 nitrogen and oxygen atoms in total.